The predicted molar refractivity (Wildman–Crippen MR) is 69.5 cm³/mol. The molecular formula is C14H13FOS. The summed E-state index contributed by atoms with van der Waals surface area (Å²) >= 11 is 4.32. The summed E-state index contributed by atoms with van der Waals surface area (Å²) in [6.07, 6.45) is 0.667. The van der Waals surface area contributed by atoms with Crippen molar-refractivity contribution in [3.8, 4) is 5.75 Å². The number of thiol groups is 1. The molecule has 0 amide bonds. The average molecular weight is 248 g/mol. The van der Waals surface area contributed by atoms with Crippen LogP contribution in [0.3, 0.4) is 0 Å². The Kier molecular flexibility index (Phi) is 3.69. The van der Waals surface area contributed by atoms with Crippen LogP contribution in [0.25, 0.3) is 0 Å². The minimum absolute atomic E-state index is 0.230. The summed E-state index contributed by atoms with van der Waals surface area (Å²) < 4.78 is 18.2. The van der Waals surface area contributed by atoms with Crippen LogP contribution in [0, 0.1) is 5.82 Å². The van der Waals surface area contributed by atoms with Gasteiger partial charge in [0, 0.05) is 4.90 Å². The lowest BCUT2D eigenvalue weighted by molar-refractivity contribution is 0.414. The molecule has 0 aliphatic heterocycles. The van der Waals surface area contributed by atoms with Crippen LogP contribution < -0.4 is 4.74 Å². The molecule has 0 radical (unpaired) electrons. The van der Waals surface area contributed by atoms with Crippen LogP contribution in [0.5, 0.6) is 5.75 Å². The molecule has 0 aliphatic carbocycles. The van der Waals surface area contributed by atoms with E-state index >= 15 is 0 Å². The van der Waals surface area contributed by atoms with E-state index in [9.17, 15) is 4.39 Å². The Hall–Kier alpha value is -1.48. The molecule has 1 nitrogen and oxygen atoms in total. The molecule has 0 heterocycles. The Balaban J connectivity index is 2.22. The lowest BCUT2D eigenvalue weighted by Gasteiger charge is -2.06. The summed E-state index contributed by atoms with van der Waals surface area (Å²) in [7, 11) is 1.63. The second-order valence-corrected chi connectivity index (χ2v) is 4.28. The number of benzene rings is 2. The summed E-state index contributed by atoms with van der Waals surface area (Å²) in [4.78, 5) is 0.808. The van der Waals surface area contributed by atoms with Gasteiger partial charge in [0.2, 0.25) is 0 Å². The zero-order valence-electron chi connectivity index (χ0n) is 9.48. The molecule has 0 fully saturated rings. The van der Waals surface area contributed by atoms with Gasteiger partial charge in [-0.1, -0.05) is 12.1 Å². The van der Waals surface area contributed by atoms with Gasteiger partial charge >= 0.3 is 0 Å². The van der Waals surface area contributed by atoms with Crippen LogP contribution >= 0.6 is 12.6 Å². The Bertz CT molecular complexity index is 508. The molecule has 0 aliphatic rings. The fraction of sp³-hybridized carbons (Fsp3) is 0.143. The third kappa shape index (κ3) is 3.01. The molecule has 0 bridgehead atoms. The van der Waals surface area contributed by atoms with Crippen molar-refractivity contribution in [2.45, 2.75) is 11.3 Å². The van der Waals surface area contributed by atoms with Crippen LogP contribution in [-0.4, -0.2) is 7.11 Å². The molecule has 2 aromatic carbocycles. The first-order valence-corrected chi connectivity index (χ1v) is 5.74. The molecule has 2 rings (SSSR count). The summed E-state index contributed by atoms with van der Waals surface area (Å²) in [6, 6.07) is 12.3. The van der Waals surface area contributed by atoms with Gasteiger partial charge in [-0.2, -0.15) is 0 Å². The van der Waals surface area contributed by atoms with E-state index in [0.717, 1.165) is 21.8 Å². The highest BCUT2D eigenvalue weighted by molar-refractivity contribution is 7.80. The van der Waals surface area contributed by atoms with E-state index in [1.165, 1.54) is 12.1 Å². The summed E-state index contributed by atoms with van der Waals surface area (Å²) in [6.45, 7) is 0. The van der Waals surface area contributed by atoms with Crippen molar-refractivity contribution in [1.29, 1.82) is 0 Å². The fourth-order valence-electron chi connectivity index (χ4n) is 1.66. The topological polar surface area (TPSA) is 9.23 Å². The summed E-state index contributed by atoms with van der Waals surface area (Å²) in [5.41, 5.74) is 1.99. The van der Waals surface area contributed by atoms with Crippen molar-refractivity contribution < 1.29 is 9.13 Å². The Labute approximate surface area is 106 Å². The Morgan fingerprint density at radius 1 is 1.12 bits per heavy atom. The fourth-order valence-corrected chi connectivity index (χ4v) is 1.88. The molecule has 3 heteroatoms. The van der Waals surface area contributed by atoms with E-state index in [2.05, 4.69) is 12.6 Å². The highest BCUT2D eigenvalue weighted by Gasteiger charge is 2.03. The van der Waals surface area contributed by atoms with E-state index < -0.39 is 0 Å². The van der Waals surface area contributed by atoms with Gasteiger partial charge in [-0.3, -0.25) is 0 Å². The third-order valence-corrected chi connectivity index (χ3v) is 3.03. The molecule has 0 N–H and O–H groups in total. The predicted octanol–water partition coefficient (Wildman–Crippen LogP) is 3.71. The minimum atomic E-state index is -0.230. The van der Waals surface area contributed by atoms with Gasteiger partial charge in [-0.05, 0) is 47.9 Å². The Morgan fingerprint density at radius 2 is 1.82 bits per heavy atom. The van der Waals surface area contributed by atoms with Crippen LogP contribution in [-0.2, 0) is 6.42 Å². The maximum atomic E-state index is 13.1. The van der Waals surface area contributed by atoms with Crippen molar-refractivity contribution in [2.24, 2.45) is 0 Å². The number of rotatable bonds is 3. The van der Waals surface area contributed by atoms with E-state index in [1.807, 2.05) is 24.3 Å². The van der Waals surface area contributed by atoms with Crippen molar-refractivity contribution in [3.05, 3.63) is 59.4 Å². The van der Waals surface area contributed by atoms with Crippen LogP contribution in [0.2, 0.25) is 0 Å². The first kappa shape index (κ1) is 12.0. The van der Waals surface area contributed by atoms with Gasteiger partial charge in [0.05, 0.1) is 7.11 Å². The molecular weight excluding hydrogens is 235 g/mol. The molecule has 2 aromatic rings. The largest absolute Gasteiger partial charge is 0.497 e. The summed E-state index contributed by atoms with van der Waals surface area (Å²) in [5.74, 6) is 0.588. The number of methoxy groups -OCH3 is 1. The molecule has 17 heavy (non-hydrogen) atoms. The first-order valence-electron chi connectivity index (χ1n) is 5.29. The van der Waals surface area contributed by atoms with Crippen LogP contribution in [0.15, 0.2) is 47.4 Å². The van der Waals surface area contributed by atoms with Gasteiger partial charge in [0.25, 0.3) is 0 Å². The van der Waals surface area contributed by atoms with E-state index in [-0.39, 0.29) is 5.82 Å². The molecule has 0 saturated heterocycles. The molecule has 0 spiro atoms. The number of hydrogen-bond acceptors (Lipinski definition) is 2. The quantitative estimate of drug-likeness (QED) is 0.815. The monoisotopic (exact) mass is 248 g/mol. The molecule has 0 saturated carbocycles. The van der Waals surface area contributed by atoms with Gasteiger partial charge in [0.1, 0.15) is 11.6 Å². The van der Waals surface area contributed by atoms with Crippen molar-refractivity contribution in [2.75, 3.05) is 7.11 Å². The van der Waals surface area contributed by atoms with E-state index in [0.29, 0.717) is 6.42 Å². The van der Waals surface area contributed by atoms with Crippen LogP contribution in [0.1, 0.15) is 11.1 Å². The average Bonchev–Trinajstić information content (AvgIpc) is 2.35. The zero-order chi connectivity index (χ0) is 12.3. The zero-order valence-corrected chi connectivity index (χ0v) is 10.4. The molecule has 88 valence electrons. The van der Waals surface area contributed by atoms with Crippen molar-refractivity contribution in [1.82, 2.24) is 0 Å². The number of hydrogen-bond donors (Lipinski definition) is 1. The number of ether oxygens (including phenoxy) is 1. The highest BCUT2D eigenvalue weighted by Crippen LogP contribution is 2.20. The summed E-state index contributed by atoms with van der Waals surface area (Å²) in [5, 5.41) is 0. The lowest BCUT2D eigenvalue weighted by Crippen LogP contribution is -1.91. The maximum Gasteiger partial charge on any atom is 0.123 e. The molecule has 0 unspecified atom stereocenters. The van der Waals surface area contributed by atoms with Crippen molar-refractivity contribution in [3.63, 3.8) is 0 Å². The smallest absolute Gasteiger partial charge is 0.123 e. The maximum absolute atomic E-state index is 13.1. The second kappa shape index (κ2) is 5.23. The van der Waals surface area contributed by atoms with Gasteiger partial charge < -0.3 is 4.74 Å². The number of halogens is 1. The SMILES string of the molecule is COc1ccc(Cc2cc(F)ccc2S)cc1. The van der Waals surface area contributed by atoms with Crippen molar-refractivity contribution >= 4 is 12.6 Å². The second-order valence-electron chi connectivity index (χ2n) is 3.80. The molecule has 0 atom stereocenters. The third-order valence-electron chi connectivity index (χ3n) is 2.60. The van der Waals surface area contributed by atoms with E-state index in [1.54, 1.807) is 13.2 Å². The lowest BCUT2D eigenvalue weighted by atomic mass is 10.0. The van der Waals surface area contributed by atoms with Crippen LogP contribution in [0.4, 0.5) is 4.39 Å². The Morgan fingerprint density at radius 3 is 2.47 bits per heavy atom. The standard InChI is InChI=1S/C14H13FOS/c1-16-13-5-2-10(3-6-13)8-11-9-12(15)4-7-14(11)17/h2-7,9,17H,8H2,1H3. The van der Waals surface area contributed by atoms with Gasteiger partial charge in [-0.15, -0.1) is 12.6 Å². The minimum Gasteiger partial charge on any atom is -0.497 e. The normalized spacial score (nSPS) is 10.3. The first-order chi connectivity index (χ1) is 8.19. The van der Waals surface area contributed by atoms with Gasteiger partial charge in [0.15, 0.2) is 0 Å². The van der Waals surface area contributed by atoms with E-state index in [4.69, 9.17) is 4.74 Å². The van der Waals surface area contributed by atoms with Gasteiger partial charge in [-0.25, -0.2) is 4.39 Å². The molecule has 0 aromatic heterocycles. The highest BCUT2D eigenvalue weighted by atomic mass is 32.1.